The number of rotatable bonds is 3. The second-order valence-corrected chi connectivity index (χ2v) is 6.91. The zero-order valence-electron chi connectivity index (χ0n) is 8.39. The molecular weight excluding hydrogens is 303 g/mol. The average molecular weight is 312 g/mol. The molecule has 0 saturated heterocycles. The van der Waals surface area contributed by atoms with Gasteiger partial charge in [-0.15, -0.1) is 0 Å². The first-order chi connectivity index (χ1) is 7.75. The monoisotopic (exact) mass is 312 g/mol. The van der Waals surface area contributed by atoms with Crippen molar-refractivity contribution < 1.29 is 0 Å². The fourth-order valence-electron chi connectivity index (χ4n) is 1.24. The molecule has 0 aliphatic carbocycles. The van der Waals surface area contributed by atoms with Gasteiger partial charge in [0.05, 0.1) is 0 Å². The minimum atomic E-state index is 0.213. The van der Waals surface area contributed by atoms with Crippen LogP contribution in [0.15, 0.2) is 54.6 Å². The molecule has 80 valence electrons. The molecule has 0 bridgehead atoms. The Morgan fingerprint density at radius 1 is 0.938 bits per heavy atom. The molecule has 0 aliphatic heterocycles. The van der Waals surface area contributed by atoms with E-state index in [1.165, 1.54) is 4.46 Å². The third-order valence-corrected chi connectivity index (χ3v) is 4.90. The van der Waals surface area contributed by atoms with Crippen LogP contribution in [0, 0.1) is 0 Å². The second-order valence-electron chi connectivity index (χ2n) is 3.21. The summed E-state index contributed by atoms with van der Waals surface area (Å²) in [6, 6.07) is 18.1. The quantitative estimate of drug-likeness (QED) is 0.620. The van der Waals surface area contributed by atoms with Crippen molar-refractivity contribution in [1.82, 2.24) is 0 Å². The van der Waals surface area contributed by atoms with Crippen molar-refractivity contribution in [3.8, 4) is 0 Å². The van der Waals surface area contributed by atoms with Crippen LogP contribution in [0.1, 0.15) is 5.56 Å². The van der Waals surface area contributed by atoms with Crippen molar-refractivity contribution in [3.63, 3.8) is 0 Å². The van der Waals surface area contributed by atoms with Gasteiger partial charge in [-0.25, -0.2) is 0 Å². The van der Waals surface area contributed by atoms with Gasteiger partial charge < -0.3 is 0 Å². The molecule has 0 saturated carbocycles. The zero-order valence-corrected chi connectivity index (χ0v) is 11.7. The molecule has 3 heteroatoms. The fourth-order valence-corrected chi connectivity index (χ4v) is 3.60. The van der Waals surface area contributed by atoms with Gasteiger partial charge in [0.1, 0.15) is 0 Å². The third-order valence-electron chi connectivity index (χ3n) is 2.03. The molecule has 0 heterocycles. The van der Waals surface area contributed by atoms with Gasteiger partial charge in [-0.2, -0.15) is 0 Å². The maximum absolute atomic E-state index is 5.84. The molecule has 0 aliphatic rings. The topological polar surface area (TPSA) is 0 Å². The predicted molar refractivity (Wildman–Crippen MR) is 75.0 cm³/mol. The van der Waals surface area contributed by atoms with Crippen molar-refractivity contribution in [2.24, 2.45) is 0 Å². The Morgan fingerprint density at radius 2 is 1.56 bits per heavy atom. The Hall–Kier alpha value is -0.661. The van der Waals surface area contributed by atoms with Crippen LogP contribution in [0.2, 0.25) is 5.02 Å². The molecule has 0 unspecified atom stereocenters. The summed E-state index contributed by atoms with van der Waals surface area (Å²) in [6.45, 7) is 0. The molecule has 0 aromatic heterocycles. The Kier molecular flexibility index (Phi) is 4.14. The van der Waals surface area contributed by atoms with E-state index >= 15 is 0 Å². The summed E-state index contributed by atoms with van der Waals surface area (Å²) in [6.07, 6.45) is 0. The summed E-state index contributed by atoms with van der Waals surface area (Å²) >= 11 is 11.5. The second kappa shape index (κ2) is 5.60. The van der Waals surface area contributed by atoms with Crippen molar-refractivity contribution in [1.29, 1.82) is 0 Å². The molecule has 0 spiro atoms. The normalized spacial score (nSPS) is 10.1. The van der Waals surface area contributed by atoms with E-state index in [9.17, 15) is 0 Å². The molecule has 16 heavy (non-hydrogen) atoms. The first kappa shape index (κ1) is 11.8. The Labute approximate surface area is 112 Å². The molecule has 0 N–H and O–H groups in total. The minimum absolute atomic E-state index is 0.213. The van der Waals surface area contributed by atoms with Crippen molar-refractivity contribution >= 4 is 47.0 Å². The van der Waals surface area contributed by atoms with Crippen LogP contribution in [0.3, 0.4) is 0 Å². The van der Waals surface area contributed by atoms with Crippen molar-refractivity contribution in [2.75, 3.05) is 0 Å². The molecule has 2 aromatic rings. The summed E-state index contributed by atoms with van der Waals surface area (Å²) in [5.74, 6) is 0. The van der Waals surface area contributed by atoms with Crippen LogP contribution in [-0.2, 0) is 0 Å². The van der Waals surface area contributed by atoms with Crippen molar-refractivity contribution in [3.05, 3.63) is 65.2 Å². The van der Waals surface area contributed by atoms with E-state index in [2.05, 4.69) is 12.1 Å². The molecular formula is C13H9ClSSe. The Balaban J connectivity index is 2.12. The summed E-state index contributed by atoms with van der Waals surface area (Å²) in [7, 11) is 0. The molecule has 2 aromatic carbocycles. The first-order valence-corrected chi connectivity index (χ1v) is 7.28. The van der Waals surface area contributed by atoms with E-state index < -0.39 is 0 Å². The Bertz CT molecular complexity index is 479. The standard InChI is InChI=1S/C13H9ClSSe/c14-11-8-6-10(7-9-11)13(15)16-12-4-2-1-3-5-12/h1-9H. The number of halogens is 1. The summed E-state index contributed by atoms with van der Waals surface area (Å²) in [5.41, 5.74) is 1.10. The van der Waals surface area contributed by atoms with E-state index in [1.807, 2.05) is 42.5 Å². The number of thiocarbonyl (C=S) groups is 1. The summed E-state index contributed by atoms with van der Waals surface area (Å²) in [4.78, 5) is 0. The van der Waals surface area contributed by atoms with Gasteiger partial charge in [0.2, 0.25) is 0 Å². The SMILES string of the molecule is S=C([Se]c1ccccc1)c1ccc(Cl)cc1. The molecule has 0 amide bonds. The van der Waals surface area contributed by atoms with Gasteiger partial charge in [-0.05, 0) is 0 Å². The predicted octanol–water partition coefficient (Wildman–Crippen LogP) is 3.05. The van der Waals surface area contributed by atoms with Gasteiger partial charge >= 0.3 is 112 Å². The van der Waals surface area contributed by atoms with E-state index in [0.29, 0.717) is 0 Å². The number of hydrogen-bond acceptors (Lipinski definition) is 1. The molecule has 0 fully saturated rings. The van der Waals surface area contributed by atoms with Crippen LogP contribution in [0.5, 0.6) is 0 Å². The van der Waals surface area contributed by atoms with E-state index in [-0.39, 0.29) is 15.0 Å². The van der Waals surface area contributed by atoms with E-state index in [0.717, 1.165) is 14.3 Å². The van der Waals surface area contributed by atoms with Crippen LogP contribution < -0.4 is 4.46 Å². The van der Waals surface area contributed by atoms with Gasteiger partial charge in [-0.3, -0.25) is 0 Å². The average Bonchev–Trinajstić information content (AvgIpc) is 2.31. The summed E-state index contributed by atoms with van der Waals surface area (Å²) < 4.78 is 2.31. The van der Waals surface area contributed by atoms with E-state index in [4.69, 9.17) is 23.8 Å². The van der Waals surface area contributed by atoms with Gasteiger partial charge in [0.15, 0.2) is 0 Å². The number of hydrogen-bond donors (Lipinski definition) is 0. The number of benzene rings is 2. The molecule has 0 nitrogen and oxygen atoms in total. The third kappa shape index (κ3) is 3.16. The van der Waals surface area contributed by atoms with Gasteiger partial charge in [0, 0.05) is 0 Å². The fraction of sp³-hybridized carbons (Fsp3) is 0. The van der Waals surface area contributed by atoms with E-state index in [1.54, 1.807) is 0 Å². The van der Waals surface area contributed by atoms with Crippen LogP contribution in [-0.4, -0.2) is 18.7 Å². The van der Waals surface area contributed by atoms with Crippen LogP contribution in [0.4, 0.5) is 0 Å². The van der Waals surface area contributed by atoms with Crippen LogP contribution in [0.25, 0.3) is 0 Å². The van der Waals surface area contributed by atoms with Crippen LogP contribution >= 0.6 is 23.8 Å². The van der Waals surface area contributed by atoms with Gasteiger partial charge in [-0.1, -0.05) is 0 Å². The molecule has 2 rings (SSSR count). The molecule has 0 atom stereocenters. The molecule has 0 radical (unpaired) electrons. The maximum atomic E-state index is 5.84. The zero-order chi connectivity index (χ0) is 11.4. The Morgan fingerprint density at radius 3 is 2.19 bits per heavy atom. The first-order valence-electron chi connectivity index (χ1n) is 4.78. The summed E-state index contributed by atoms with van der Waals surface area (Å²) in [5, 5.41) is 0.749. The van der Waals surface area contributed by atoms with Gasteiger partial charge in [0.25, 0.3) is 0 Å². The van der Waals surface area contributed by atoms with Crippen molar-refractivity contribution in [2.45, 2.75) is 0 Å².